The van der Waals surface area contributed by atoms with Gasteiger partial charge >= 0.3 is 124 Å². The normalized spacial score (nSPS) is 11.5. The van der Waals surface area contributed by atoms with Gasteiger partial charge in [-0.25, -0.2) is 0 Å². The van der Waals surface area contributed by atoms with Gasteiger partial charge in [0.15, 0.2) is 0 Å². The van der Waals surface area contributed by atoms with Gasteiger partial charge in [0.1, 0.15) is 0 Å². The number of hydrogen-bond donors (Lipinski definition) is 0. The molecule has 0 aromatic carbocycles. The van der Waals surface area contributed by atoms with E-state index >= 15 is 0 Å². The number of rotatable bonds is 12. The fourth-order valence-electron chi connectivity index (χ4n) is 2.50. The first-order valence-corrected chi connectivity index (χ1v) is 15.1. The van der Waals surface area contributed by atoms with Crippen LogP contribution in [-0.2, 0) is 0 Å². The van der Waals surface area contributed by atoms with Gasteiger partial charge in [0.05, 0.1) is 0 Å². The van der Waals surface area contributed by atoms with Crippen molar-refractivity contribution in [3.05, 3.63) is 0 Å². The Morgan fingerprint density at radius 2 is 1.33 bits per heavy atom. The van der Waals surface area contributed by atoms with Gasteiger partial charge in [0, 0.05) is 0 Å². The summed E-state index contributed by atoms with van der Waals surface area (Å²) in [6.07, 6.45) is 2.93. The van der Waals surface area contributed by atoms with E-state index in [9.17, 15) is 0 Å². The van der Waals surface area contributed by atoms with E-state index in [2.05, 4.69) is 44.5 Å². The average molecular weight is 358 g/mol. The third kappa shape index (κ3) is 9.69. The molecule has 0 spiro atoms. The molecule has 0 N–H and O–H groups in total. The Hall–Kier alpha value is 0.790. The second kappa shape index (κ2) is 12.8. The fourth-order valence-corrected chi connectivity index (χ4v) is 10.00. The molecule has 0 aromatic rings. The van der Waals surface area contributed by atoms with Crippen LogP contribution in [0.4, 0.5) is 0 Å². The second-order valence-corrected chi connectivity index (χ2v) is 16.1. The standard InChI is InChI=1S/C7H16N.C6H14N.C2H5.In/c1-4-7-8(5-2)6-3;1-4-6-7(3)5-2;1-2;/h1,4-7H2,2-3H3;1,4-6H2,2-3H3;1H2,2H3;. The van der Waals surface area contributed by atoms with Crippen molar-refractivity contribution in [3.63, 3.8) is 0 Å². The molecule has 0 aromatic heterocycles. The van der Waals surface area contributed by atoms with Crippen molar-refractivity contribution in [2.45, 2.75) is 53.1 Å². The summed E-state index contributed by atoms with van der Waals surface area (Å²) in [7, 11) is 2.25. The molecule has 0 radical (unpaired) electrons. The van der Waals surface area contributed by atoms with Crippen LogP contribution in [0.2, 0.25) is 12.5 Å². The molecule has 0 fully saturated rings. The molecule has 0 saturated carbocycles. The minimum absolute atomic E-state index is 1.12. The molecule has 0 aliphatic carbocycles. The summed E-state index contributed by atoms with van der Waals surface area (Å²) >= 11 is -1.12. The van der Waals surface area contributed by atoms with E-state index in [0.29, 0.717) is 0 Å². The Labute approximate surface area is 124 Å². The van der Waals surface area contributed by atoms with Crippen molar-refractivity contribution < 1.29 is 0 Å². The molecule has 0 heterocycles. The maximum absolute atomic E-state index is 2.57. The van der Waals surface area contributed by atoms with Gasteiger partial charge in [-0.15, -0.1) is 0 Å². The molecule has 108 valence electrons. The summed E-state index contributed by atoms with van der Waals surface area (Å²) in [6, 6.07) is 0. The van der Waals surface area contributed by atoms with E-state index in [1.54, 1.807) is 12.5 Å². The van der Waals surface area contributed by atoms with Gasteiger partial charge in [-0.3, -0.25) is 0 Å². The molecular weight excluding hydrogens is 323 g/mol. The first kappa shape index (κ1) is 18.8. The SMILES string of the molecule is CCN(C)CC[CH2][In]([CH2]C)[CH2]CCN(CC)CC. The molecule has 0 aliphatic rings. The van der Waals surface area contributed by atoms with E-state index in [4.69, 9.17) is 0 Å². The minimum atomic E-state index is -1.12. The van der Waals surface area contributed by atoms with Crippen molar-refractivity contribution in [1.29, 1.82) is 0 Å². The average Bonchev–Trinajstić information content (AvgIpc) is 2.41. The number of hydrogen-bond acceptors (Lipinski definition) is 2. The Morgan fingerprint density at radius 3 is 1.78 bits per heavy atom. The molecule has 0 atom stereocenters. The van der Waals surface area contributed by atoms with Crippen LogP contribution >= 0.6 is 0 Å². The molecule has 18 heavy (non-hydrogen) atoms. The molecule has 0 bridgehead atoms. The maximum atomic E-state index is 2.57. The zero-order chi connectivity index (χ0) is 13.8. The van der Waals surface area contributed by atoms with Gasteiger partial charge in [-0.05, 0) is 0 Å². The van der Waals surface area contributed by atoms with E-state index in [1.807, 2.05) is 0 Å². The van der Waals surface area contributed by atoms with Crippen molar-refractivity contribution in [2.24, 2.45) is 0 Å². The van der Waals surface area contributed by atoms with Crippen LogP contribution in [0.25, 0.3) is 0 Å². The topological polar surface area (TPSA) is 6.48 Å². The molecule has 2 nitrogen and oxygen atoms in total. The Balaban J connectivity index is 3.63. The van der Waals surface area contributed by atoms with Crippen LogP contribution in [0, 0.1) is 0 Å². The van der Waals surface area contributed by atoms with Gasteiger partial charge in [-0.2, -0.15) is 0 Å². The summed E-state index contributed by atoms with van der Waals surface area (Å²) in [6.45, 7) is 15.6. The molecule has 0 aliphatic heterocycles. The Morgan fingerprint density at radius 1 is 0.778 bits per heavy atom. The van der Waals surface area contributed by atoms with Crippen molar-refractivity contribution >= 4 is 21.4 Å². The summed E-state index contributed by atoms with van der Waals surface area (Å²) in [5.41, 5.74) is 0. The Kier molecular flexibility index (Phi) is 13.4. The first-order chi connectivity index (χ1) is 8.67. The monoisotopic (exact) mass is 358 g/mol. The van der Waals surface area contributed by atoms with E-state index in [0.717, 1.165) is 0 Å². The summed E-state index contributed by atoms with van der Waals surface area (Å²) in [5.74, 6) is 0. The molecule has 0 saturated heterocycles. The van der Waals surface area contributed by atoms with Crippen LogP contribution in [-0.4, -0.2) is 71.0 Å². The molecule has 0 unspecified atom stereocenters. The fraction of sp³-hybridized carbons (Fsp3) is 1.00. The van der Waals surface area contributed by atoms with E-state index in [1.165, 1.54) is 45.6 Å². The van der Waals surface area contributed by atoms with Crippen LogP contribution in [0.15, 0.2) is 0 Å². The van der Waals surface area contributed by atoms with Crippen LogP contribution in [0.1, 0.15) is 40.5 Å². The number of nitrogens with zero attached hydrogens (tertiary/aromatic N) is 2. The quantitative estimate of drug-likeness (QED) is 0.526. The van der Waals surface area contributed by atoms with Gasteiger partial charge in [0.2, 0.25) is 0 Å². The van der Waals surface area contributed by atoms with Crippen LogP contribution in [0.5, 0.6) is 0 Å². The zero-order valence-corrected chi connectivity index (χ0v) is 16.8. The van der Waals surface area contributed by atoms with Gasteiger partial charge in [-0.1, -0.05) is 0 Å². The third-order valence-corrected chi connectivity index (χ3v) is 14.5. The van der Waals surface area contributed by atoms with E-state index in [-0.39, 0.29) is 0 Å². The van der Waals surface area contributed by atoms with Crippen LogP contribution in [0.3, 0.4) is 0 Å². The summed E-state index contributed by atoms with van der Waals surface area (Å²) in [4.78, 5) is 5.03. The zero-order valence-electron chi connectivity index (χ0n) is 13.5. The van der Waals surface area contributed by atoms with E-state index < -0.39 is 21.4 Å². The predicted molar refractivity (Wildman–Crippen MR) is 86.0 cm³/mol. The van der Waals surface area contributed by atoms with Crippen LogP contribution < -0.4 is 0 Å². The second-order valence-electron chi connectivity index (χ2n) is 5.48. The predicted octanol–water partition coefficient (Wildman–Crippen LogP) is 3.57. The summed E-state index contributed by atoms with van der Waals surface area (Å²) in [5, 5.41) is 0. The van der Waals surface area contributed by atoms with Crippen molar-refractivity contribution in [2.75, 3.05) is 39.8 Å². The van der Waals surface area contributed by atoms with Crippen molar-refractivity contribution in [3.8, 4) is 0 Å². The molecular formula is C15H35InN2. The van der Waals surface area contributed by atoms with Crippen molar-refractivity contribution in [1.82, 2.24) is 9.80 Å². The molecule has 0 rings (SSSR count). The third-order valence-electron chi connectivity index (χ3n) is 4.25. The Bertz CT molecular complexity index is 172. The molecule has 0 amide bonds. The van der Waals surface area contributed by atoms with Gasteiger partial charge in [0.25, 0.3) is 0 Å². The molecule has 3 heteroatoms. The first-order valence-electron chi connectivity index (χ1n) is 8.08. The summed E-state index contributed by atoms with van der Waals surface area (Å²) < 4.78 is 4.82. The van der Waals surface area contributed by atoms with Gasteiger partial charge < -0.3 is 0 Å².